The van der Waals surface area contributed by atoms with Gasteiger partial charge in [-0.2, -0.15) is 0 Å². The first-order valence-corrected chi connectivity index (χ1v) is 13.0. The van der Waals surface area contributed by atoms with Gasteiger partial charge in [0.15, 0.2) is 0 Å². The minimum absolute atomic E-state index is 0.0179. The van der Waals surface area contributed by atoms with Crippen LogP contribution in [0.15, 0.2) is 72.9 Å². The number of aromatic nitrogens is 2. The van der Waals surface area contributed by atoms with Gasteiger partial charge in [-0.25, -0.2) is 9.97 Å². The largest absolute Gasteiger partial charge is 0.573 e. The summed E-state index contributed by atoms with van der Waals surface area (Å²) in [6.07, 6.45) is -3.13. The first kappa shape index (κ1) is 29.5. The van der Waals surface area contributed by atoms with Crippen LogP contribution in [-0.2, 0) is 6.54 Å². The Kier molecular flexibility index (Phi) is 8.63. The van der Waals surface area contributed by atoms with E-state index in [-0.39, 0.29) is 17.2 Å². The van der Waals surface area contributed by atoms with Crippen LogP contribution >= 0.6 is 0 Å². The molecule has 4 rings (SSSR count). The first-order chi connectivity index (χ1) is 19.3. The topological polar surface area (TPSA) is 88.2 Å². The van der Waals surface area contributed by atoms with Crippen LogP contribution in [0.2, 0.25) is 0 Å². The number of carbonyl (C=O) groups is 1. The number of benzene rings is 3. The predicted octanol–water partition coefficient (Wildman–Crippen LogP) is 7.54. The van der Waals surface area contributed by atoms with Crippen molar-refractivity contribution >= 4 is 23.2 Å². The maximum Gasteiger partial charge on any atom is 0.573 e. The highest BCUT2D eigenvalue weighted by Gasteiger charge is 2.31. The van der Waals surface area contributed by atoms with Gasteiger partial charge in [-0.3, -0.25) is 4.79 Å². The summed E-state index contributed by atoms with van der Waals surface area (Å²) >= 11 is 0. The number of ether oxygens (including phenoxy) is 1. The molecule has 0 fully saturated rings. The summed E-state index contributed by atoms with van der Waals surface area (Å²) in [5.74, 6) is -0.238. The number of anilines is 3. The van der Waals surface area contributed by atoms with Crippen LogP contribution in [0, 0.1) is 13.8 Å². The van der Waals surface area contributed by atoms with Gasteiger partial charge in [0, 0.05) is 40.8 Å². The predicted molar refractivity (Wildman–Crippen MR) is 154 cm³/mol. The minimum atomic E-state index is -4.76. The summed E-state index contributed by atoms with van der Waals surface area (Å²) in [5.41, 5.74) is 5.85. The van der Waals surface area contributed by atoms with E-state index in [1.165, 1.54) is 24.3 Å². The highest BCUT2D eigenvalue weighted by atomic mass is 19.4. The Labute approximate surface area is 237 Å². The number of rotatable bonds is 8. The van der Waals surface area contributed by atoms with Gasteiger partial charge in [-0.15, -0.1) is 13.2 Å². The Morgan fingerprint density at radius 2 is 1.59 bits per heavy atom. The molecule has 0 radical (unpaired) electrons. The van der Waals surface area contributed by atoms with Crippen molar-refractivity contribution in [2.75, 3.05) is 10.6 Å². The summed E-state index contributed by atoms with van der Waals surface area (Å²) in [7, 11) is 0. The molecule has 10 heteroatoms. The fourth-order valence-electron chi connectivity index (χ4n) is 3.92. The molecule has 3 N–H and O–H groups in total. The van der Waals surface area contributed by atoms with Crippen LogP contribution in [0.4, 0.5) is 30.5 Å². The van der Waals surface area contributed by atoms with E-state index in [4.69, 9.17) is 0 Å². The summed E-state index contributed by atoms with van der Waals surface area (Å²) in [6, 6.07) is 18.4. The number of aryl methyl sites for hydroxylation is 2. The third kappa shape index (κ3) is 8.52. The molecule has 0 spiro atoms. The number of nitrogens with one attached hydrogen (secondary N) is 3. The van der Waals surface area contributed by atoms with Gasteiger partial charge in [0.05, 0.1) is 5.69 Å². The van der Waals surface area contributed by atoms with Crippen LogP contribution in [0.1, 0.15) is 47.8 Å². The lowest BCUT2D eigenvalue weighted by atomic mass is 10.1. The van der Waals surface area contributed by atoms with E-state index in [1.54, 1.807) is 30.5 Å². The Morgan fingerprint density at radius 1 is 0.902 bits per heavy atom. The average molecular weight is 564 g/mol. The van der Waals surface area contributed by atoms with E-state index >= 15 is 0 Å². The minimum Gasteiger partial charge on any atom is -0.406 e. The second-order valence-corrected chi connectivity index (χ2v) is 10.7. The van der Waals surface area contributed by atoms with E-state index in [0.717, 1.165) is 22.4 Å². The quantitative estimate of drug-likeness (QED) is 0.205. The van der Waals surface area contributed by atoms with E-state index in [9.17, 15) is 18.0 Å². The Bertz CT molecular complexity index is 1510. The van der Waals surface area contributed by atoms with Crippen molar-refractivity contribution in [2.24, 2.45) is 0 Å². The third-order valence-electron chi connectivity index (χ3n) is 6.11. The molecule has 1 heterocycles. The second-order valence-electron chi connectivity index (χ2n) is 10.7. The van der Waals surface area contributed by atoms with E-state index in [1.807, 2.05) is 32.0 Å². The molecule has 0 aliphatic carbocycles. The summed E-state index contributed by atoms with van der Waals surface area (Å²) < 4.78 is 41.4. The molecule has 1 amide bonds. The highest BCUT2D eigenvalue weighted by Crippen LogP contribution is 2.28. The normalized spacial score (nSPS) is 11.7. The van der Waals surface area contributed by atoms with Gasteiger partial charge in [-0.05, 0) is 106 Å². The molecule has 0 unspecified atom stereocenters. The number of halogens is 3. The number of alkyl halides is 3. The van der Waals surface area contributed by atoms with Gasteiger partial charge in [0.25, 0.3) is 5.91 Å². The molecule has 0 atom stereocenters. The molecule has 0 saturated heterocycles. The van der Waals surface area contributed by atoms with Crippen LogP contribution in [0.3, 0.4) is 0 Å². The lowest BCUT2D eigenvalue weighted by molar-refractivity contribution is -0.274. The van der Waals surface area contributed by atoms with Crippen molar-refractivity contribution in [3.05, 3.63) is 95.2 Å². The standard InChI is InChI=1S/C31H32F3N5O2/c1-19-6-7-21(18-36-30(3,4)5)16-26(19)38-28(40)23-8-12-24(13-9-23)37-29-35-17-20(2)27(39-29)22-10-14-25(15-11-22)41-31(32,33)34/h6-17,36H,18H2,1-5H3,(H,38,40)(H,35,37,39). The van der Waals surface area contributed by atoms with E-state index < -0.39 is 6.36 Å². The van der Waals surface area contributed by atoms with Gasteiger partial charge < -0.3 is 20.7 Å². The SMILES string of the molecule is Cc1ccc(CNC(C)(C)C)cc1NC(=O)c1ccc(Nc2ncc(C)c(-c3ccc(OC(F)(F)F)cc3)n2)cc1. The van der Waals surface area contributed by atoms with Crippen molar-refractivity contribution < 1.29 is 22.7 Å². The smallest absolute Gasteiger partial charge is 0.406 e. The molecular formula is C31H32F3N5O2. The molecule has 0 aliphatic heterocycles. The summed E-state index contributed by atoms with van der Waals surface area (Å²) in [5, 5.41) is 9.56. The van der Waals surface area contributed by atoms with Crippen molar-refractivity contribution in [1.82, 2.24) is 15.3 Å². The first-order valence-electron chi connectivity index (χ1n) is 13.0. The fraction of sp³-hybridized carbons (Fsp3) is 0.258. The zero-order chi connectivity index (χ0) is 29.8. The number of hydrogen-bond donors (Lipinski definition) is 3. The maximum atomic E-state index is 13.0. The zero-order valence-electron chi connectivity index (χ0n) is 23.5. The molecule has 214 valence electrons. The molecule has 0 saturated carbocycles. The molecule has 41 heavy (non-hydrogen) atoms. The Hall–Kier alpha value is -4.44. The Morgan fingerprint density at radius 3 is 2.22 bits per heavy atom. The lowest BCUT2D eigenvalue weighted by Gasteiger charge is -2.21. The molecule has 3 aromatic carbocycles. The number of nitrogens with zero attached hydrogens (tertiary/aromatic N) is 2. The molecule has 7 nitrogen and oxygen atoms in total. The molecule has 0 bridgehead atoms. The molecule has 4 aromatic rings. The van der Waals surface area contributed by atoms with E-state index in [2.05, 4.69) is 51.4 Å². The van der Waals surface area contributed by atoms with Crippen molar-refractivity contribution in [3.8, 4) is 17.0 Å². The maximum absolute atomic E-state index is 13.0. The Balaban J connectivity index is 1.43. The van der Waals surface area contributed by atoms with Gasteiger partial charge in [0.1, 0.15) is 5.75 Å². The van der Waals surface area contributed by atoms with Crippen LogP contribution in [-0.4, -0.2) is 27.8 Å². The van der Waals surface area contributed by atoms with Crippen LogP contribution in [0.25, 0.3) is 11.3 Å². The molecular weight excluding hydrogens is 531 g/mol. The van der Waals surface area contributed by atoms with Crippen LogP contribution in [0.5, 0.6) is 5.75 Å². The highest BCUT2D eigenvalue weighted by molar-refractivity contribution is 6.04. The second kappa shape index (κ2) is 12.0. The average Bonchev–Trinajstić information content (AvgIpc) is 2.90. The lowest BCUT2D eigenvalue weighted by Crippen LogP contribution is -2.35. The monoisotopic (exact) mass is 563 g/mol. The summed E-state index contributed by atoms with van der Waals surface area (Å²) in [6.45, 7) is 10.8. The van der Waals surface area contributed by atoms with Crippen molar-refractivity contribution in [2.45, 2.75) is 53.1 Å². The third-order valence-corrected chi connectivity index (χ3v) is 6.11. The van der Waals surface area contributed by atoms with Crippen molar-refractivity contribution in [1.29, 1.82) is 0 Å². The van der Waals surface area contributed by atoms with Crippen LogP contribution < -0.4 is 20.7 Å². The van der Waals surface area contributed by atoms with Gasteiger partial charge >= 0.3 is 6.36 Å². The number of amides is 1. The molecule has 0 aliphatic rings. The number of carbonyl (C=O) groups excluding carboxylic acids is 1. The fourth-order valence-corrected chi connectivity index (χ4v) is 3.92. The van der Waals surface area contributed by atoms with Gasteiger partial charge in [0.2, 0.25) is 5.95 Å². The number of hydrogen-bond acceptors (Lipinski definition) is 6. The van der Waals surface area contributed by atoms with Gasteiger partial charge in [-0.1, -0.05) is 12.1 Å². The molecule has 1 aromatic heterocycles. The van der Waals surface area contributed by atoms with Crippen molar-refractivity contribution in [3.63, 3.8) is 0 Å². The summed E-state index contributed by atoms with van der Waals surface area (Å²) in [4.78, 5) is 21.8. The van der Waals surface area contributed by atoms with E-state index in [0.29, 0.717) is 35.0 Å². The zero-order valence-corrected chi connectivity index (χ0v) is 23.5.